The van der Waals surface area contributed by atoms with Crippen LogP contribution >= 0.6 is 11.3 Å². The standard InChI is InChI=1S/C29H36N2O5S/c1-2-36-29(35)25-22-16-13-17-23(22)37-26(25)30-24(32)18-9-7-5-3-4-6-8-12-19-31-27(33)20-14-10-11-15-21(20)28(31)34/h10-11,14-15H,2-9,12-13,16-19H2,1H3,(H,30,32). The van der Waals surface area contributed by atoms with Crippen molar-refractivity contribution in [3.05, 3.63) is 51.4 Å². The van der Waals surface area contributed by atoms with Crippen LogP contribution in [0.15, 0.2) is 24.3 Å². The van der Waals surface area contributed by atoms with Crippen molar-refractivity contribution in [2.75, 3.05) is 18.5 Å². The third-order valence-electron chi connectivity index (χ3n) is 7.07. The molecule has 0 fully saturated rings. The van der Waals surface area contributed by atoms with Crippen molar-refractivity contribution in [1.29, 1.82) is 0 Å². The number of unbranched alkanes of at least 4 members (excludes halogenated alkanes) is 7. The van der Waals surface area contributed by atoms with Gasteiger partial charge in [-0.15, -0.1) is 11.3 Å². The number of rotatable bonds is 14. The summed E-state index contributed by atoms with van der Waals surface area (Å²) >= 11 is 1.52. The van der Waals surface area contributed by atoms with E-state index in [9.17, 15) is 19.2 Å². The van der Waals surface area contributed by atoms with Gasteiger partial charge in [0.15, 0.2) is 0 Å². The molecule has 3 amide bonds. The van der Waals surface area contributed by atoms with Gasteiger partial charge in [-0.2, -0.15) is 0 Å². The van der Waals surface area contributed by atoms with Crippen LogP contribution in [0.4, 0.5) is 5.00 Å². The molecule has 0 atom stereocenters. The molecule has 1 N–H and O–H groups in total. The van der Waals surface area contributed by atoms with Crippen molar-refractivity contribution in [3.63, 3.8) is 0 Å². The first-order valence-corrected chi connectivity index (χ1v) is 14.4. The summed E-state index contributed by atoms with van der Waals surface area (Å²) in [6.45, 7) is 2.59. The van der Waals surface area contributed by atoms with Crippen LogP contribution in [0.2, 0.25) is 0 Å². The normalized spacial score (nSPS) is 14.1. The third-order valence-corrected chi connectivity index (χ3v) is 8.27. The van der Waals surface area contributed by atoms with Crippen LogP contribution in [0.5, 0.6) is 0 Å². The maximum absolute atomic E-state index is 12.5. The maximum Gasteiger partial charge on any atom is 0.341 e. The Bertz CT molecular complexity index is 1120. The Balaban J connectivity index is 1.06. The van der Waals surface area contributed by atoms with E-state index in [0.29, 0.717) is 41.3 Å². The van der Waals surface area contributed by atoms with Gasteiger partial charge in [-0.05, 0) is 56.7 Å². The molecule has 7 nitrogen and oxygen atoms in total. The van der Waals surface area contributed by atoms with Crippen LogP contribution in [0.3, 0.4) is 0 Å². The highest BCUT2D eigenvalue weighted by Crippen LogP contribution is 2.39. The summed E-state index contributed by atoms with van der Waals surface area (Å²) in [6.07, 6.45) is 11.3. The summed E-state index contributed by atoms with van der Waals surface area (Å²) in [5.41, 5.74) is 2.65. The molecule has 198 valence electrons. The van der Waals surface area contributed by atoms with Crippen molar-refractivity contribution >= 4 is 40.0 Å². The summed E-state index contributed by atoms with van der Waals surface area (Å²) in [5.74, 6) is -0.727. The van der Waals surface area contributed by atoms with E-state index in [1.165, 1.54) is 21.1 Å². The molecule has 1 aromatic heterocycles. The number of nitrogens with one attached hydrogen (secondary N) is 1. The van der Waals surface area contributed by atoms with Gasteiger partial charge in [0.25, 0.3) is 11.8 Å². The Morgan fingerprint density at radius 1 is 0.919 bits per heavy atom. The number of imide groups is 1. The fourth-order valence-corrected chi connectivity index (χ4v) is 6.45. The van der Waals surface area contributed by atoms with Gasteiger partial charge in [0.2, 0.25) is 5.91 Å². The summed E-state index contributed by atoms with van der Waals surface area (Å²) in [5, 5.41) is 3.61. The molecule has 4 rings (SSSR count). The van der Waals surface area contributed by atoms with E-state index >= 15 is 0 Å². The van der Waals surface area contributed by atoms with Gasteiger partial charge in [-0.3, -0.25) is 19.3 Å². The molecule has 0 bridgehead atoms. The van der Waals surface area contributed by atoms with Crippen LogP contribution < -0.4 is 5.32 Å². The minimum absolute atomic E-state index is 0.0429. The molecular formula is C29H36N2O5S. The smallest absolute Gasteiger partial charge is 0.341 e. The first-order valence-electron chi connectivity index (χ1n) is 13.6. The highest BCUT2D eigenvalue weighted by Gasteiger charge is 2.34. The number of aryl methyl sites for hydroxylation is 1. The average molecular weight is 525 g/mol. The molecule has 37 heavy (non-hydrogen) atoms. The number of esters is 1. The summed E-state index contributed by atoms with van der Waals surface area (Å²) in [4.78, 5) is 52.3. The molecule has 2 aliphatic rings. The minimum Gasteiger partial charge on any atom is -0.462 e. The Hall–Kier alpha value is -3.00. The second-order valence-electron chi connectivity index (χ2n) is 9.72. The number of anilines is 1. The molecular weight excluding hydrogens is 488 g/mol. The lowest BCUT2D eigenvalue weighted by Gasteiger charge is -2.13. The molecule has 1 aliphatic heterocycles. The molecule has 1 aliphatic carbocycles. The van der Waals surface area contributed by atoms with Crippen molar-refractivity contribution in [3.8, 4) is 0 Å². The van der Waals surface area contributed by atoms with E-state index in [1.807, 2.05) is 0 Å². The Kier molecular flexibility index (Phi) is 9.50. The molecule has 0 unspecified atom stereocenters. The molecule has 0 saturated carbocycles. The number of hydrogen-bond donors (Lipinski definition) is 1. The van der Waals surface area contributed by atoms with Gasteiger partial charge in [-0.1, -0.05) is 50.7 Å². The Morgan fingerprint density at radius 3 is 2.19 bits per heavy atom. The summed E-state index contributed by atoms with van der Waals surface area (Å²) in [7, 11) is 0. The lowest BCUT2D eigenvalue weighted by atomic mass is 10.1. The SMILES string of the molecule is CCOC(=O)c1c(NC(=O)CCCCCCCCCCN2C(=O)c3ccccc3C2=O)sc2c1CCC2. The lowest BCUT2D eigenvalue weighted by Crippen LogP contribution is -2.30. The van der Waals surface area contributed by atoms with E-state index in [-0.39, 0.29) is 23.7 Å². The number of fused-ring (bicyclic) bond motifs is 2. The van der Waals surface area contributed by atoms with Gasteiger partial charge in [0, 0.05) is 17.8 Å². The summed E-state index contributed by atoms with van der Waals surface area (Å²) in [6, 6.07) is 7.01. The molecule has 8 heteroatoms. The van der Waals surface area contributed by atoms with Crippen LogP contribution in [0, 0.1) is 0 Å². The molecule has 2 heterocycles. The number of amides is 3. The zero-order valence-corrected chi connectivity index (χ0v) is 22.4. The fourth-order valence-electron chi connectivity index (χ4n) is 5.16. The number of benzene rings is 1. The first kappa shape index (κ1) is 27.0. The Morgan fingerprint density at radius 2 is 1.54 bits per heavy atom. The van der Waals surface area contributed by atoms with E-state index in [2.05, 4.69) is 5.32 Å². The molecule has 1 aromatic carbocycles. The van der Waals surface area contributed by atoms with Crippen molar-refractivity contribution in [2.24, 2.45) is 0 Å². The van der Waals surface area contributed by atoms with E-state index in [0.717, 1.165) is 76.2 Å². The number of carbonyl (C=O) groups is 4. The second-order valence-corrected chi connectivity index (χ2v) is 10.8. The summed E-state index contributed by atoms with van der Waals surface area (Å²) < 4.78 is 5.23. The van der Waals surface area contributed by atoms with Crippen LogP contribution in [-0.2, 0) is 22.4 Å². The van der Waals surface area contributed by atoms with Crippen molar-refractivity contribution in [1.82, 2.24) is 4.90 Å². The number of thiophene rings is 1. The van der Waals surface area contributed by atoms with Gasteiger partial charge >= 0.3 is 5.97 Å². The monoisotopic (exact) mass is 524 g/mol. The number of carbonyl (C=O) groups excluding carboxylic acids is 4. The predicted molar refractivity (Wildman–Crippen MR) is 144 cm³/mol. The van der Waals surface area contributed by atoms with Gasteiger partial charge in [0.05, 0.1) is 23.3 Å². The third kappa shape index (κ3) is 6.47. The number of hydrogen-bond acceptors (Lipinski definition) is 6. The van der Waals surface area contributed by atoms with Crippen molar-refractivity contribution < 1.29 is 23.9 Å². The Labute approximate surface area is 222 Å². The highest BCUT2D eigenvalue weighted by molar-refractivity contribution is 7.17. The van der Waals surface area contributed by atoms with Crippen molar-refractivity contribution in [2.45, 2.75) is 84.0 Å². The zero-order valence-electron chi connectivity index (χ0n) is 21.6. The second kappa shape index (κ2) is 13.0. The average Bonchev–Trinajstić information content (AvgIpc) is 3.53. The van der Waals surface area contributed by atoms with E-state index < -0.39 is 0 Å². The largest absolute Gasteiger partial charge is 0.462 e. The predicted octanol–water partition coefficient (Wildman–Crippen LogP) is 6.16. The van der Waals surface area contributed by atoms with Crippen LogP contribution in [-0.4, -0.2) is 41.7 Å². The maximum atomic E-state index is 12.5. The topological polar surface area (TPSA) is 92.8 Å². The first-order chi connectivity index (χ1) is 18.0. The molecule has 0 saturated heterocycles. The van der Waals surface area contributed by atoms with Crippen LogP contribution in [0.1, 0.15) is 113 Å². The van der Waals surface area contributed by atoms with E-state index in [4.69, 9.17) is 4.74 Å². The van der Waals surface area contributed by atoms with Crippen LogP contribution in [0.25, 0.3) is 0 Å². The zero-order chi connectivity index (χ0) is 26.2. The van der Waals surface area contributed by atoms with Gasteiger partial charge in [0.1, 0.15) is 5.00 Å². The fraction of sp³-hybridized carbons (Fsp3) is 0.517. The number of nitrogens with zero attached hydrogens (tertiary/aromatic N) is 1. The molecule has 2 aromatic rings. The van der Waals surface area contributed by atoms with Gasteiger partial charge < -0.3 is 10.1 Å². The van der Waals surface area contributed by atoms with E-state index in [1.54, 1.807) is 31.2 Å². The molecule has 0 spiro atoms. The minimum atomic E-state index is -0.332. The lowest BCUT2D eigenvalue weighted by molar-refractivity contribution is -0.116. The quantitative estimate of drug-likeness (QED) is 0.182. The molecule has 0 radical (unpaired) electrons. The number of ether oxygens (including phenoxy) is 1. The van der Waals surface area contributed by atoms with Gasteiger partial charge in [-0.25, -0.2) is 4.79 Å². The highest BCUT2D eigenvalue weighted by atomic mass is 32.1.